The number of rotatable bonds is 4. The number of carbonyl (C=O) groups excluding carboxylic acids is 1. The molecular weight excluding hydrogens is 300 g/mol. The lowest BCUT2D eigenvalue weighted by molar-refractivity contribution is -0.127. The fourth-order valence-corrected chi connectivity index (χ4v) is 4.85. The van der Waals surface area contributed by atoms with Crippen LogP contribution in [0.4, 0.5) is 0 Å². The highest BCUT2D eigenvalue weighted by Gasteiger charge is 2.37. The summed E-state index contributed by atoms with van der Waals surface area (Å²) in [7, 11) is -3.26. The monoisotopic (exact) mass is 324 g/mol. The third-order valence-electron chi connectivity index (χ3n) is 4.54. The van der Waals surface area contributed by atoms with Gasteiger partial charge < -0.3 is 10.6 Å². The van der Waals surface area contributed by atoms with Gasteiger partial charge in [-0.1, -0.05) is 19.8 Å². The Bertz CT molecular complexity index is 449. The maximum atomic E-state index is 12.2. The molecule has 118 valence electrons. The Balaban J connectivity index is 0.00000200. The largest absolute Gasteiger partial charge is 0.341 e. The van der Waals surface area contributed by atoms with Crippen LogP contribution < -0.4 is 5.73 Å². The molecule has 1 aliphatic heterocycles. The van der Waals surface area contributed by atoms with Crippen molar-refractivity contribution in [2.75, 3.05) is 25.4 Å². The van der Waals surface area contributed by atoms with Crippen molar-refractivity contribution < 1.29 is 13.2 Å². The lowest BCUT2D eigenvalue weighted by Crippen LogP contribution is -2.39. The van der Waals surface area contributed by atoms with Gasteiger partial charge in [-0.25, -0.2) is 8.42 Å². The summed E-state index contributed by atoms with van der Waals surface area (Å²) in [5.74, 6) is -0.567. The van der Waals surface area contributed by atoms with Gasteiger partial charge in [-0.15, -0.1) is 12.4 Å². The van der Waals surface area contributed by atoms with E-state index in [0.29, 0.717) is 19.6 Å². The van der Waals surface area contributed by atoms with E-state index in [-0.39, 0.29) is 34.7 Å². The third-order valence-corrected chi connectivity index (χ3v) is 6.67. The number of carbonyl (C=O) groups is 1. The fraction of sp³-hybridized carbons (Fsp3) is 0.923. The minimum absolute atomic E-state index is 0. The van der Waals surface area contributed by atoms with Gasteiger partial charge in [0.25, 0.3) is 0 Å². The Morgan fingerprint density at radius 1 is 1.35 bits per heavy atom. The first-order valence-corrected chi connectivity index (χ1v) is 8.77. The molecule has 1 atom stereocenters. The summed E-state index contributed by atoms with van der Waals surface area (Å²) in [6.45, 7) is 3.80. The number of hydrogen-bond acceptors (Lipinski definition) is 4. The van der Waals surface area contributed by atoms with Gasteiger partial charge in [-0.2, -0.15) is 0 Å². The highest BCUT2D eigenvalue weighted by atomic mass is 35.5. The van der Waals surface area contributed by atoms with Crippen LogP contribution in [-0.2, 0) is 14.6 Å². The number of sulfone groups is 1. The average molecular weight is 325 g/mol. The number of nitrogens with two attached hydrogens (primary N) is 1. The first-order chi connectivity index (χ1) is 8.86. The smallest absolute Gasteiger partial charge is 0.237 e. The van der Waals surface area contributed by atoms with Gasteiger partial charge in [0.2, 0.25) is 5.91 Å². The van der Waals surface area contributed by atoms with Crippen molar-refractivity contribution in [1.29, 1.82) is 0 Å². The van der Waals surface area contributed by atoms with E-state index in [1.807, 2.05) is 6.92 Å². The number of amides is 1. The van der Waals surface area contributed by atoms with Crippen molar-refractivity contribution in [1.82, 2.24) is 4.90 Å². The van der Waals surface area contributed by atoms with Crippen molar-refractivity contribution in [3.63, 3.8) is 0 Å². The molecule has 1 saturated heterocycles. The summed E-state index contributed by atoms with van der Waals surface area (Å²) < 4.78 is 24.3. The number of hydrogen-bond donors (Lipinski definition) is 1. The van der Waals surface area contributed by atoms with Crippen LogP contribution in [0.15, 0.2) is 0 Å². The van der Waals surface area contributed by atoms with Gasteiger partial charge >= 0.3 is 0 Å². The second-order valence-corrected chi connectivity index (χ2v) is 8.57. The lowest BCUT2D eigenvalue weighted by atomic mass is 9.90. The van der Waals surface area contributed by atoms with E-state index < -0.39 is 9.84 Å². The zero-order valence-electron chi connectivity index (χ0n) is 12.0. The zero-order chi connectivity index (χ0) is 14.1. The maximum Gasteiger partial charge on any atom is 0.237 e. The van der Waals surface area contributed by atoms with E-state index >= 15 is 0 Å². The molecule has 2 N–H and O–H groups in total. The second kappa shape index (κ2) is 6.62. The highest BCUT2D eigenvalue weighted by molar-refractivity contribution is 7.92. The molecule has 2 fully saturated rings. The summed E-state index contributed by atoms with van der Waals surface area (Å²) in [6.07, 6.45) is 4.23. The van der Waals surface area contributed by atoms with Gasteiger partial charge in [-0.3, -0.25) is 4.79 Å². The SMILES string of the molecule is CC1(CN)CCN(C(=O)CS(=O)(=O)C2CCCC2)C1.Cl. The first-order valence-electron chi connectivity index (χ1n) is 7.06. The molecule has 7 heteroatoms. The van der Waals surface area contributed by atoms with Crippen molar-refractivity contribution in [3.05, 3.63) is 0 Å². The van der Waals surface area contributed by atoms with Crippen LogP contribution in [-0.4, -0.2) is 49.9 Å². The van der Waals surface area contributed by atoms with Gasteiger partial charge in [0.1, 0.15) is 5.75 Å². The van der Waals surface area contributed by atoms with Crippen LogP contribution in [0.3, 0.4) is 0 Å². The standard InChI is InChI=1S/C13H24N2O3S.ClH/c1-13(9-14)6-7-15(10-13)12(16)8-19(17,18)11-4-2-3-5-11;/h11H,2-10,14H2,1H3;1H. The average Bonchev–Trinajstić information content (AvgIpc) is 2.98. The Hall–Kier alpha value is -0.330. The number of nitrogens with zero attached hydrogens (tertiary/aromatic N) is 1. The summed E-state index contributed by atoms with van der Waals surface area (Å²) in [5.41, 5.74) is 5.65. The molecule has 1 amide bonds. The topological polar surface area (TPSA) is 80.5 Å². The van der Waals surface area contributed by atoms with E-state index in [4.69, 9.17) is 5.73 Å². The van der Waals surface area contributed by atoms with Gasteiger partial charge in [-0.05, 0) is 31.2 Å². The quantitative estimate of drug-likeness (QED) is 0.835. The van der Waals surface area contributed by atoms with Crippen molar-refractivity contribution in [3.8, 4) is 0 Å². The fourth-order valence-electron chi connectivity index (χ4n) is 3.03. The van der Waals surface area contributed by atoms with Crippen molar-refractivity contribution >= 4 is 28.2 Å². The summed E-state index contributed by atoms with van der Waals surface area (Å²) in [4.78, 5) is 13.8. The molecule has 0 bridgehead atoms. The Morgan fingerprint density at radius 2 is 1.95 bits per heavy atom. The Kier molecular flexibility index (Phi) is 5.87. The second-order valence-electron chi connectivity index (χ2n) is 6.29. The third kappa shape index (κ3) is 3.86. The van der Waals surface area contributed by atoms with Gasteiger partial charge in [0.05, 0.1) is 5.25 Å². The minimum atomic E-state index is -3.26. The molecule has 0 radical (unpaired) electrons. The van der Waals surface area contributed by atoms with Crippen LogP contribution in [0.5, 0.6) is 0 Å². The molecule has 1 unspecified atom stereocenters. The summed E-state index contributed by atoms with van der Waals surface area (Å²) >= 11 is 0. The molecule has 1 saturated carbocycles. The molecule has 1 heterocycles. The molecule has 2 aliphatic rings. The van der Waals surface area contributed by atoms with E-state index in [1.54, 1.807) is 4.90 Å². The van der Waals surface area contributed by atoms with Crippen LogP contribution in [0, 0.1) is 5.41 Å². The minimum Gasteiger partial charge on any atom is -0.341 e. The van der Waals surface area contributed by atoms with Gasteiger partial charge in [0.15, 0.2) is 9.84 Å². The number of halogens is 1. The molecule has 20 heavy (non-hydrogen) atoms. The predicted octanol–water partition coefficient (Wildman–Crippen LogP) is 0.963. The molecular formula is C13H25ClN2O3S. The zero-order valence-corrected chi connectivity index (χ0v) is 13.6. The lowest BCUT2D eigenvalue weighted by Gasteiger charge is -2.23. The predicted molar refractivity (Wildman–Crippen MR) is 81.6 cm³/mol. The molecule has 0 aromatic carbocycles. The van der Waals surface area contributed by atoms with Crippen molar-refractivity contribution in [2.45, 2.75) is 44.3 Å². The van der Waals surface area contributed by atoms with E-state index in [0.717, 1.165) is 32.1 Å². The van der Waals surface area contributed by atoms with E-state index in [2.05, 4.69) is 0 Å². The van der Waals surface area contributed by atoms with Crippen molar-refractivity contribution in [2.24, 2.45) is 11.1 Å². The van der Waals surface area contributed by atoms with Crippen LogP contribution >= 0.6 is 12.4 Å². The molecule has 2 rings (SSSR count). The van der Waals surface area contributed by atoms with Crippen LogP contribution in [0.25, 0.3) is 0 Å². The molecule has 5 nitrogen and oxygen atoms in total. The Morgan fingerprint density at radius 3 is 2.45 bits per heavy atom. The van der Waals surface area contributed by atoms with Crippen LogP contribution in [0.2, 0.25) is 0 Å². The number of likely N-dealkylation sites (tertiary alicyclic amines) is 1. The Labute approximate surface area is 127 Å². The summed E-state index contributed by atoms with van der Waals surface area (Å²) in [5, 5.41) is -0.292. The van der Waals surface area contributed by atoms with E-state index in [1.165, 1.54) is 0 Å². The molecule has 0 aromatic rings. The maximum absolute atomic E-state index is 12.2. The first kappa shape index (κ1) is 17.7. The molecule has 0 aromatic heterocycles. The van der Waals surface area contributed by atoms with Gasteiger partial charge in [0, 0.05) is 13.1 Å². The van der Waals surface area contributed by atoms with E-state index in [9.17, 15) is 13.2 Å². The molecule has 0 spiro atoms. The summed E-state index contributed by atoms with van der Waals surface area (Å²) in [6, 6.07) is 0. The van der Waals surface area contributed by atoms with Crippen LogP contribution in [0.1, 0.15) is 39.0 Å². The molecule has 1 aliphatic carbocycles. The highest BCUT2D eigenvalue weighted by Crippen LogP contribution is 2.29. The normalized spacial score (nSPS) is 27.6.